The van der Waals surface area contributed by atoms with Crippen LogP contribution in [0.2, 0.25) is 0 Å². The van der Waals surface area contributed by atoms with Gasteiger partial charge in [-0.25, -0.2) is 9.78 Å². The van der Waals surface area contributed by atoms with Gasteiger partial charge < -0.3 is 18.9 Å². The van der Waals surface area contributed by atoms with Crippen LogP contribution >= 0.6 is 0 Å². The van der Waals surface area contributed by atoms with Gasteiger partial charge in [0, 0.05) is 31.9 Å². The molecular weight excluding hydrogens is 450 g/mol. The normalized spacial score (nSPS) is 48.2. The zero-order valence-corrected chi connectivity index (χ0v) is 21.2. The van der Waals surface area contributed by atoms with Crippen LogP contribution in [-0.2, 0) is 35.2 Å². The highest BCUT2D eigenvalue weighted by Crippen LogP contribution is 2.65. The maximum Gasteiger partial charge on any atom is 0.201 e. The number of fused-ring (bicyclic) bond motifs is 6. The fourth-order valence-corrected chi connectivity index (χ4v) is 8.08. The van der Waals surface area contributed by atoms with Crippen LogP contribution in [0.5, 0.6) is 5.75 Å². The van der Waals surface area contributed by atoms with Gasteiger partial charge in [-0.2, -0.15) is 5.06 Å². The van der Waals surface area contributed by atoms with Crippen molar-refractivity contribution in [1.82, 2.24) is 5.06 Å². The van der Waals surface area contributed by atoms with Gasteiger partial charge in [0.05, 0.1) is 13.2 Å². The van der Waals surface area contributed by atoms with Crippen molar-refractivity contribution in [3.63, 3.8) is 0 Å². The molecule has 2 spiro atoms. The molecule has 1 aliphatic carbocycles. The highest BCUT2D eigenvalue weighted by Gasteiger charge is 2.76. The van der Waals surface area contributed by atoms with Crippen molar-refractivity contribution < 1.29 is 33.6 Å². The lowest BCUT2D eigenvalue weighted by Gasteiger charge is -2.63. The second-order valence-corrected chi connectivity index (χ2v) is 11.5. The topological polar surface area (TPSA) is 67.9 Å². The number of hydrogen-bond donors (Lipinski definition) is 0. The molecule has 0 N–H and O–H groups in total. The molecule has 1 aromatic carbocycles. The second-order valence-electron chi connectivity index (χ2n) is 11.5. The van der Waals surface area contributed by atoms with Crippen molar-refractivity contribution in [2.45, 2.75) is 94.9 Å². The lowest BCUT2D eigenvalue weighted by Crippen LogP contribution is -2.76. The largest absolute Gasteiger partial charge is 0.497 e. The maximum atomic E-state index is 7.01. The third kappa shape index (κ3) is 3.05. The average Bonchev–Trinajstić information content (AvgIpc) is 3.11. The van der Waals surface area contributed by atoms with Crippen molar-refractivity contribution in [3.8, 4) is 5.75 Å². The Morgan fingerprint density at radius 2 is 2.06 bits per heavy atom. The van der Waals surface area contributed by atoms with Crippen molar-refractivity contribution in [1.29, 1.82) is 0 Å². The minimum Gasteiger partial charge on any atom is -0.497 e. The van der Waals surface area contributed by atoms with Crippen molar-refractivity contribution >= 4 is 0 Å². The minimum atomic E-state index is -0.801. The number of hydroxylamine groups is 2. The van der Waals surface area contributed by atoms with Gasteiger partial charge >= 0.3 is 0 Å². The SMILES string of the molecule is CCO[C@@H]1O[C@@H]2O[C@@]3(C)CC[C@H]4[C@H](C)CC[C@@H]([C@]15C[C@@H]1c6ccc(OC)cc6CCN1O5)[C@@]24OO3. The highest BCUT2D eigenvalue weighted by molar-refractivity contribution is 5.40. The zero-order chi connectivity index (χ0) is 24.0. The van der Waals surface area contributed by atoms with Gasteiger partial charge in [0.1, 0.15) is 11.4 Å². The number of nitrogens with zero attached hydrogens (tertiary/aromatic N) is 1. The molecule has 8 heteroatoms. The molecule has 0 aromatic heterocycles. The van der Waals surface area contributed by atoms with E-state index in [2.05, 4.69) is 30.2 Å². The molecule has 192 valence electrons. The highest BCUT2D eigenvalue weighted by atomic mass is 17.3. The van der Waals surface area contributed by atoms with E-state index in [1.54, 1.807) is 7.11 Å². The Kier molecular flexibility index (Phi) is 5.15. The average molecular weight is 488 g/mol. The first-order valence-corrected chi connectivity index (χ1v) is 13.4. The molecule has 1 aromatic rings. The first kappa shape index (κ1) is 22.9. The molecule has 1 saturated carbocycles. The summed E-state index contributed by atoms with van der Waals surface area (Å²) in [4.78, 5) is 19.5. The first-order chi connectivity index (χ1) is 16.9. The fourth-order valence-electron chi connectivity index (χ4n) is 8.08. The van der Waals surface area contributed by atoms with E-state index in [1.165, 1.54) is 11.1 Å². The Bertz CT molecular complexity index is 1010. The van der Waals surface area contributed by atoms with Gasteiger partial charge in [0.15, 0.2) is 18.2 Å². The number of ether oxygens (including phenoxy) is 4. The predicted octanol–water partition coefficient (Wildman–Crippen LogP) is 4.28. The molecule has 6 fully saturated rings. The van der Waals surface area contributed by atoms with Gasteiger partial charge in [-0.15, -0.1) is 0 Å². The Morgan fingerprint density at radius 1 is 1.17 bits per heavy atom. The van der Waals surface area contributed by atoms with E-state index in [-0.39, 0.29) is 17.9 Å². The van der Waals surface area contributed by atoms with Gasteiger partial charge in [0.25, 0.3) is 0 Å². The number of hydrogen-bond acceptors (Lipinski definition) is 8. The summed E-state index contributed by atoms with van der Waals surface area (Å²) in [5.74, 6) is 0.888. The Balaban J connectivity index is 1.33. The molecule has 8 rings (SSSR count). The molecule has 9 atom stereocenters. The molecule has 7 aliphatic rings. The van der Waals surface area contributed by atoms with Gasteiger partial charge in [0.2, 0.25) is 5.79 Å². The van der Waals surface area contributed by atoms with Crippen LogP contribution in [0.15, 0.2) is 18.2 Å². The molecule has 2 bridgehead atoms. The molecule has 5 saturated heterocycles. The Labute approximate surface area is 206 Å². The lowest BCUT2D eigenvalue weighted by atomic mass is 9.55. The summed E-state index contributed by atoms with van der Waals surface area (Å²) >= 11 is 0. The second kappa shape index (κ2) is 7.87. The lowest BCUT2D eigenvalue weighted by molar-refractivity contribution is -0.587. The van der Waals surface area contributed by atoms with Crippen LogP contribution in [0.25, 0.3) is 0 Å². The molecule has 0 unspecified atom stereocenters. The summed E-state index contributed by atoms with van der Waals surface area (Å²) < 4.78 is 25.1. The molecule has 35 heavy (non-hydrogen) atoms. The molecule has 0 radical (unpaired) electrons. The molecule has 6 aliphatic heterocycles. The standard InChI is InChI=1S/C27H37NO7/c1-5-30-23-26(15-21-19-8-7-18(29-4)14-17(19)11-13-28(21)33-26)22-9-6-16(2)20-10-12-25(3)32-24(31-23)27(20,22)35-34-25/h7-8,14,16,20-24H,5-6,9-13,15H2,1-4H3/t16-,20+,21-,22+,23-,24-,25-,26-,27-/m1/s1. The minimum absolute atomic E-state index is 0.0291. The third-order valence-electron chi connectivity index (χ3n) is 9.73. The van der Waals surface area contributed by atoms with Crippen LogP contribution in [0.3, 0.4) is 0 Å². The van der Waals surface area contributed by atoms with Crippen LogP contribution in [0.1, 0.15) is 70.0 Å². The fraction of sp³-hybridized carbons (Fsp3) is 0.778. The Hall–Kier alpha value is -1.26. The molecule has 8 nitrogen and oxygen atoms in total. The number of methoxy groups -OCH3 is 1. The quantitative estimate of drug-likeness (QED) is 0.586. The summed E-state index contributed by atoms with van der Waals surface area (Å²) in [6, 6.07) is 6.54. The Morgan fingerprint density at radius 3 is 2.89 bits per heavy atom. The first-order valence-electron chi connectivity index (χ1n) is 13.4. The van der Waals surface area contributed by atoms with Crippen molar-refractivity contribution in [3.05, 3.63) is 29.3 Å². The van der Waals surface area contributed by atoms with Crippen molar-refractivity contribution in [2.24, 2.45) is 17.8 Å². The van der Waals surface area contributed by atoms with E-state index < -0.39 is 29.6 Å². The van der Waals surface area contributed by atoms with E-state index in [0.717, 1.165) is 50.8 Å². The molecular formula is C27H37NO7. The van der Waals surface area contributed by atoms with E-state index in [4.69, 9.17) is 33.6 Å². The predicted molar refractivity (Wildman–Crippen MR) is 124 cm³/mol. The summed E-state index contributed by atoms with van der Waals surface area (Å²) in [5.41, 5.74) is 1.24. The van der Waals surface area contributed by atoms with E-state index in [1.807, 2.05) is 13.8 Å². The number of benzene rings is 1. The van der Waals surface area contributed by atoms with E-state index in [0.29, 0.717) is 12.5 Å². The molecule has 6 heterocycles. The van der Waals surface area contributed by atoms with Gasteiger partial charge in [-0.05, 0) is 74.6 Å². The summed E-state index contributed by atoms with van der Waals surface area (Å²) in [7, 11) is 1.72. The van der Waals surface area contributed by atoms with E-state index in [9.17, 15) is 0 Å². The van der Waals surface area contributed by atoms with Crippen LogP contribution < -0.4 is 4.74 Å². The van der Waals surface area contributed by atoms with E-state index >= 15 is 0 Å². The van der Waals surface area contributed by atoms with Crippen LogP contribution in [-0.4, -0.2) is 54.9 Å². The third-order valence-corrected chi connectivity index (χ3v) is 9.73. The monoisotopic (exact) mass is 487 g/mol. The van der Waals surface area contributed by atoms with Gasteiger partial charge in [-0.1, -0.05) is 13.0 Å². The maximum absolute atomic E-state index is 7.01. The zero-order valence-electron chi connectivity index (χ0n) is 21.2. The summed E-state index contributed by atoms with van der Waals surface area (Å²) in [6.07, 6.45) is 4.46. The van der Waals surface area contributed by atoms with Gasteiger partial charge in [-0.3, -0.25) is 4.84 Å². The van der Waals surface area contributed by atoms with Crippen LogP contribution in [0.4, 0.5) is 0 Å². The van der Waals surface area contributed by atoms with Crippen LogP contribution in [0, 0.1) is 17.8 Å². The smallest absolute Gasteiger partial charge is 0.201 e. The van der Waals surface area contributed by atoms with Crippen molar-refractivity contribution in [2.75, 3.05) is 20.3 Å². The molecule has 0 amide bonds. The summed E-state index contributed by atoms with van der Waals surface area (Å²) in [5, 5.41) is 2.17. The number of rotatable bonds is 3. The summed E-state index contributed by atoms with van der Waals surface area (Å²) in [6.45, 7) is 7.66.